The van der Waals surface area contributed by atoms with Crippen LogP contribution in [0.15, 0.2) is 192 Å². The van der Waals surface area contributed by atoms with Gasteiger partial charge in [0, 0.05) is 48.7 Å². The van der Waals surface area contributed by atoms with Crippen LogP contribution in [-0.2, 0) is 0 Å². The fourth-order valence-electron chi connectivity index (χ4n) is 9.13. The van der Waals surface area contributed by atoms with Gasteiger partial charge in [0.1, 0.15) is 11.2 Å². The Hall–Kier alpha value is -8.13. The number of fused-ring (bicyclic) bond motifs is 12. The van der Waals surface area contributed by atoms with E-state index in [2.05, 4.69) is 127 Å². The standard InChI is InChI=1S/C55H31N5OS/c1-3-15-32(16-4-1)49-51-50(40-23-11-12-28-46(40)62-51)57-54(56-49)41-24-13-26-44-47(41)48-42(25-14-27-45(48)61-44)55-59-52(33-17-5-2-6-18-33)58-53(60-55)34-29-30-39-37-21-8-7-19-35(37)36-20-9-10-22-38(36)43(39)31-34/h1-31H. The van der Waals surface area contributed by atoms with Crippen molar-refractivity contribution in [2.75, 3.05) is 0 Å². The summed E-state index contributed by atoms with van der Waals surface area (Å²) in [6.07, 6.45) is 0. The lowest BCUT2D eigenvalue weighted by atomic mass is 9.93. The number of rotatable bonds is 5. The SMILES string of the molecule is c1ccc(-c2nc(-c3ccc4c5ccccc5c5ccccc5c4c3)nc(-c3cccc4oc5cccc(-c6nc(-c7ccccc7)c7sc8ccccc8c7n6)c5c34)n2)cc1. The van der Waals surface area contributed by atoms with Crippen molar-refractivity contribution < 1.29 is 4.42 Å². The lowest BCUT2D eigenvalue weighted by molar-refractivity contribution is 0.669. The number of aromatic nitrogens is 5. The zero-order valence-electron chi connectivity index (χ0n) is 33.0. The number of nitrogens with zero attached hydrogens (tertiary/aromatic N) is 5. The molecule has 13 rings (SSSR count). The smallest absolute Gasteiger partial charge is 0.164 e. The fourth-order valence-corrected chi connectivity index (χ4v) is 10.3. The topological polar surface area (TPSA) is 77.6 Å². The lowest BCUT2D eigenvalue weighted by Crippen LogP contribution is -2.00. The molecule has 0 aliphatic rings. The Labute approximate surface area is 358 Å². The van der Waals surface area contributed by atoms with Gasteiger partial charge < -0.3 is 4.42 Å². The fraction of sp³-hybridized carbons (Fsp3) is 0. The van der Waals surface area contributed by atoms with E-state index in [1.165, 1.54) is 31.6 Å². The number of benzene rings is 9. The van der Waals surface area contributed by atoms with Crippen LogP contribution in [0.3, 0.4) is 0 Å². The maximum absolute atomic E-state index is 6.66. The van der Waals surface area contributed by atoms with E-state index in [1.54, 1.807) is 11.3 Å². The normalized spacial score (nSPS) is 11.9. The van der Waals surface area contributed by atoms with Crippen molar-refractivity contribution in [3.63, 3.8) is 0 Å². The predicted octanol–water partition coefficient (Wildman–Crippen LogP) is 14.7. The molecule has 0 N–H and O–H groups in total. The summed E-state index contributed by atoms with van der Waals surface area (Å²) in [4.78, 5) is 26.4. The van der Waals surface area contributed by atoms with E-state index in [-0.39, 0.29) is 0 Å². The number of furan rings is 1. The molecule has 0 bridgehead atoms. The Bertz CT molecular complexity index is 3900. The van der Waals surface area contributed by atoms with Crippen molar-refractivity contribution in [1.29, 1.82) is 0 Å². The minimum atomic E-state index is 0.547. The van der Waals surface area contributed by atoms with E-state index < -0.39 is 0 Å². The Morgan fingerprint density at radius 3 is 1.48 bits per heavy atom. The third-order valence-corrected chi connectivity index (χ3v) is 13.1. The van der Waals surface area contributed by atoms with Crippen LogP contribution in [0.1, 0.15) is 0 Å². The maximum atomic E-state index is 6.66. The Morgan fingerprint density at radius 2 is 0.839 bits per heavy atom. The van der Waals surface area contributed by atoms with Gasteiger partial charge in [-0.05, 0) is 56.6 Å². The highest BCUT2D eigenvalue weighted by atomic mass is 32.1. The second-order valence-corrected chi connectivity index (χ2v) is 16.6. The molecular formula is C55H31N5OS. The predicted molar refractivity (Wildman–Crippen MR) is 255 cm³/mol. The molecule has 6 nitrogen and oxygen atoms in total. The van der Waals surface area contributed by atoms with E-state index in [9.17, 15) is 0 Å². The molecule has 9 aromatic carbocycles. The van der Waals surface area contributed by atoms with Gasteiger partial charge >= 0.3 is 0 Å². The summed E-state index contributed by atoms with van der Waals surface area (Å²) in [7, 11) is 0. The molecule has 0 aliphatic carbocycles. The van der Waals surface area contributed by atoms with E-state index in [0.717, 1.165) is 76.4 Å². The summed E-state index contributed by atoms with van der Waals surface area (Å²) >= 11 is 1.73. The molecule has 4 aromatic heterocycles. The molecule has 0 saturated carbocycles. The van der Waals surface area contributed by atoms with Crippen molar-refractivity contribution in [3.8, 4) is 56.8 Å². The van der Waals surface area contributed by atoms with E-state index >= 15 is 0 Å². The van der Waals surface area contributed by atoms with Gasteiger partial charge in [-0.3, -0.25) is 0 Å². The largest absolute Gasteiger partial charge is 0.456 e. The molecule has 7 heteroatoms. The maximum Gasteiger partial charge on any atom is 0.164 e. The minimum absolute atomic E-state index is 0.547. The lowest BCUT2D eigenvalue weighted by Gasteiger charge is -2.13. The van der Waals surface area contributed by atoms with Gasteiger partial charge in [-0.25, -0.2) is 24.9 Å². The van der Waals surface area contributed by atoms with Crippen molar-refractivity contribution in [1.82, 2.24) is 24.9 Å². The molecule has 0 spiro atoms. The van der Waals surface area contributed by atoms with E-state index in [1.807, 2.05) is 60.7 Å². The first-order valence-electron chi connectivity index (χ1n) is 20.6. The minimum Gasteiger partial charge on any atom is -0.456 e. The molecular weight excluding hydrogens is 779 g/mol. The quantitative estimate of drug-likeness (QED) is 0.161. The van der Waals surface area contributed by atoms with E-state index in [0.29, 0.717) is 23.3 Å². The molecule has 0 aliphatic heterocycles. The van der Waals surface area contributed by atoms with E-state index in [4.69, 9.17) is 29.3 Å². The van der Waals surface area contributed by atoms with Crippen LogP contribution in [0.2, 0.25) is 0 Å². The highest BCUT2D eigenvalue weighted by molar-refractivity contribution is 7.26. The highest BCUT2D eigenvalue weighted by Crippen LogP contribution is 2.44. The van der Waals surface area contributed by atoms with Crippen LogP contribution in [-0.4, -0.2) is 24.9 Å². The molecule has 0 radical (unpaired) electrons. The van der Waals surface area contributed by atoms with Gasteiger partial charge in [-0.2, -0.15) is 0 Å². The summed E-state index contributed by atoms with van der Waals surface area (Å²) in [6, 6.07) is 65.0. The van der Waals surface area contributed by atoms with Gasteiger partial charge in [0.15, 0.2) is 23.3 Å². The second kappa shape index (κ2) is 13.7. The van der Waals surface area contributed by atoms with Crippen LogP contribution in [0.5, 0.6) is 0 Å². The van der Waals surface area contributed by atoms with Crippen LogP contribution >= 0.6 is 11.3 Å². The molecule has 62 heavy (non-hydrogen) atoms. The van der Waals surface area contributed by atoms with Crippen molar-refractivity contribution in [2.45, 2.75) is 0 Å². The summed E-state index contributed by atoms with van der Waals surface area (Å²) < 4.78 is 8.90. The van der Waals surface area contributed by atoms with Gasteiger partial charge in [0.25, 0.3) is 0 Å². The monoisotopic (exact) mass is 809 g/mol. The third-order valence-electron chi connectivity index (χ3n) is 11.9. The molecule has 0 saturated heterocycles. The molecule has 288 valence electrons. The third kappa shape index (κ3) is 5.39. The first kappa shape index (κ1) is 34.7. The second-order valence-electron chi connectivity index (χ2n) is 15.5. The highest BCUT2D eigenvalue weighted by Gasteiger charge is 2.23. The molecule has 13 aromatic rings. The number of hydrogen-bond acceptors (Lipinski definition) is 7. The van der Waals surface area contributed by atoms with Crippen LogP contribution in [0.25, 0.3) is 131 Å². The molecule has 0 atom stereocenters. The Kier molecular flexibility index (Phi) is 7.67. The zero-order valence-corrected chi connectivity index (χ0v) is 33.8. The first-order chi connectivity index (χ1) is 30.7. The summed E-state index contributed by atoms with van der Waals surface area (Å²) in [6.45, 7) is 0. The average Bonchev–Trinajstić information content (AvgIpc) is 3.93. The van der Waals surface area contributed by atoms with Crippen molar-refractivity contribution in [3.05, 3.63) is 188 Å². The van der Waals surface area contributed by atoms with Crippen LogP contribution in [0.4, 0.5) is 0 Å². The zero-order chi connectivity index (χ0) is 40.7. The summed E-state index contributed by atoms with van der Waals surface area (Å²) in [5.41, 5.74) is 7.84. The summed E-state index contributed by atoms with van der Waals surface area (Å²) in [5, 5.41) is 10.1. The molecule has 0 fully saturated rings. The van der Waals surface area contributed by atoms with Crippen molar-refractivity contribution in [2.24, 2.45) is 0 Å². The van der Waals surface area contributed by atoms with Gasteiger partial charge in [-0.15, -0.1) is 11.3 Å². The van der Waals surface area contributed by atoms with Crippen molar-refractivity contribution >= 4 is 85.9 Å². The summed E-state index contributed by atoms with van der Waals surface area (Å²) in [5.74, 6) is 2.35. The average molecular weight is 810 g/mol. The van der Waals surface area contributed by atoms with Crippen LogP contribution < -0.4 is 0 Å². The molecule has 0 unspecified atom stereocenters. The van der Waals surface area contributed by atoms with Crippen LogP contribution in [0, 0.1) is 0 Å². The van der Waals surface area contributed by atoms with Gasteiger partial charge in [-0.1, -0.05) is 164 Å². The molecule has 4 heterocycles. The Morgan fingerprint density at radius 1 is 0.339 bits per heavy atom. The van der Waals surface area contributed by atoms with Gasteiger partial charge in [0.2, 0.25) is 0 Å². The Balaban J connectivity index is 1.06. The molecule has 0 amide bonds. The number of thiophene rings is 1. The first-order valence-corrected chi connectivity index (χ1v) is 21.4. The van der Waals surface area contributed by atoms with Gasteiger partial charge in [0.05, 0.1) is 15.9 Å². The number of hydrogen-bond donors (Lipinski definition) is 0.